The lowest BCUT2D eigenvalue weighted by molar-refractivity contribution is 0.0949. The summed E-state index contributed by atoms with van der Waals surface area (Å²) in [6.45, 7) is 10.4. The molecule has 0 aliphatic rings. The number of carbonyl (C=O) groups is 1. The zero-order chi connectivity index (χ0) is 14.8. The maximum absolute atomic E-state index is 12.0. The van der Waals surface area contributed by atoms with Crippen LogP contribution in [0.2, 0.25) is 0 Å². The topological polar surface area (TPSA) is 41.6 Å². The lowest BCUT2D eigenvalue weighted by Gasteiger charge is -2.17. The fourth-order valence-corrected chi connectivity index (χ4v) is 2.26. The van der Waals surface area contributed by atoms with Gasteiger partial charge in [0, 0.05) is 35.6 Å². The van der Waals surface area contributed by atoms with E-state index in [1.807, 2.05) is 31.2 Å². The highest BCUT2D eigenvalue weighted by Crippen LogP contribution is 2.19. The number of amides is 1. The Bertz CT molecular complexity index is 391. The molecule has 0 heterocycles. The van der Waals surface area contributed by atoms with Gasteiger partial charge < -0.3 is 14.4 Å². The molecule has 1 aromatic rings. The third kappa shape index (κ3) is 5.94. The molecule has 0 saturated carbocycles. The third-order valence-corrected chi connectivity index (χ3v) is 3.82. The number of carbonyl (C=O) groups excluding carboxylic acids is 1. The van der Waals surface area contributed by atoms with Crippen LogP contribution in [0.25, 0.3) is 0 Å². The van der Waals surface area contributed by atoms with E-state index in [2.05, 4.69) is 24.1 Å². The Kier molecular flexibility index (Phi) is 8.34. The predicted octanol–water partition coefficient (Wildman–Crippen LogP) is 2.80. The summed E-state index contributed by atoms with van der Waals surface area (Å²) < 4.78 is 5.25. The molecule has 1 rings (SSSR count). The van der Waals surface area contributed by atoms with E-state index in [1.54, 1.807) is 0 Å². The van der Waals surface area contributed by atoms with Crippen LogP contribution in [0.15, 0.2) is 29.2 Å². The van der Waals surface area contributed by atoms with Crippen LogP contribution in [0.5, 0.6) is 0 Å². The number of nitrogens with one attached hydrogen (secondary N) is 1. The van der Waals surface area contributed by atoms with E-state index in [9.17, 15) is 4.79 Å². The number of likely N-dealkylation sites (N-methyl/N-ethyl adjacent to an activating group) is 1. The van der Waals surface area contributed by atoms with E-state index < -0.39 is 0 Å². The van der Waals surface area contributed by atoms with E-state index in [-0.39, 0.29) is 5.91 Å². The minimum Gasteiger partial charge on any atom is -0.351 e. The summed E-state index contributed by atoms with van der Waals surface area (Å²) in [6, 6.07) is 7.46. The summed E-state index contributed by atoms with van der Waals surface area (Å²) in [7, 11) is 0. The van der Waals surface area contributed by atoms with Crippen molar-refractivity contribution < 1.29 is 8.98 Å². The number of hydrogen-bond donors (Lipinski definition) is 1. The molecule has 0 bridgehead atoms. The van der Waals surface area contributed by atoms with Gasteiger partial charge in [-0.05, 0) is 44.3 Å². The number of nitrogens with zero attached hydrogens (tertiary/aromatic N) is 1. The van der Waals surface area contributed by atoms with Crippen molar-refractivity contribution in [2.45, 2.75) is 25.7 Å². The smallest absolute Gasteiger partial charge is 0.251 e. The largest absolute Gasteiger partial charge is 0.351 e. The lowest BCUT2D eigenvalue weighted by Crippen LogP contribution is -2.34. The van der Waals surface area contributed by atoms with Crippen LogP contribution in [0.3, 0.4) is 0 Å². The first-order chi connectivity index (χ1) is 9.71. The Morgan fingerprint density at radius 3 is 2.40 bits per heavy atom. The average molecular weight is 296 g/mol. The summed E-state index contributed by atoms with van der Waals surface area (Å²) in [4.78, 5) is 15.2. The van der Waals surface area contributed by atoms with Crippen LogP contribution in [-0.4, -0.2) is 43.6 Å². The van der Waals surface area contributed by atoms with Gasteiger partial charge in [-0.15, -0.1) is 0 Å². The van der Waals surface area contributed by atoms with Gasteiger partial charge in [-0.1, -0.05) is 13.8 Å². The Morgan fingerprint density at radius 2 is 1.85 bits per heavy atom. The second-order valence-corrected chi connectivity index (χ2v) is 5.17. The van der Waals surface area contributed by atoms with Crippen molar-refractivity contribution in [3.8, 4) is 0 Å². The van der Waals surface area contributed by atoms with Crippen LogP contribution < -0.4 is 5.32 Å². The van der Waals surface area contributed by atoms with Gasteiger partial charge in [-0.3, -0.25) is 4.79 Å². The Morgan fingerprint density at radius 1 is 1.20 bits per heavy atom. The molecule has 0 atom stereocenters. The molecule has 4 nitrogen and oxygen atoms in total. The number of benzene rings is 1. The number of rotatable bonds is 9. The van der Waals surface area contributed by atoms with Crippen molar-refractivity contribution in [3.63, 3.8) is 0 Å². The van der Waals surface area contributed by atoms with E-state index in [0.29, 0.717) is 18.7 Å². The van der Waals surface area contributed by atoms with Gasteiger partial charge in [0.15, 0.2) is 0 Å². The van der Waals surface area contributed by atoms with Crippen molar-refractivity contribution in [2.24, 2.45) is 0 Å². The van der Waals surface area contributed by atoms with Gasteiger partial charge in [0.1, 0.15) is 0 Å². The van der Waals surface area contributed by atoms with Crippen molar-refractivity contribution in [2.75, 3.05) is 32.8 Å². The summed E-state index contributed by atoms with van der Waals surface area (Å²) >= 11 is 1.33. The van der Waals surface area contributed by atoms with E-state index in [0.717, 1.165) is 24.5 Å². The van der Waals surface area contributed by atoms with E-state index in [4.69, 9.17) is 4.18 Å². The van der Waals surface area contributed by atoms with Gasteiger partial charge in [0.25, 0.3) is 5.91 Å². The minimum atomic E-state index is -0.0230. The number of hydrogen-bond acceptors (Lipinski definition) is 4. The molecule has 0 radical (unpaired) electrons. The molecule has 0 unspecified atom stereocenters. The molecule has 1 amide bonds. The molecule has 0 saturated heterocycles. The van der Waals surface area contributed by atoms with E-state index in [1.165, 1.54) is 12.0 Å². The van der Waals surface area contributed by atoms with Crippen molar-refractivity contribution >= 4 is 17.9 Å². The second kappa shape index (κ2) is 9.80. The lowest BCUT2D eigenvalue weighted by atomic mass is 10.2. The third-order valence-electron chi connectivity index (χ3n) is 3.00. The molecule has 5 heteroatoms. The molecule has 20 heavy (non-hydrogen) atoms. The van der Waals surface area contributed by atoms with Crippen LogP contribution in [0, 0.1) is 0 Å². The van der Waals surface area contributed by atoms with Crippen molar-refractivity contribution in [1.29, 1.82) is 0 Å². The van der Waals surface area contributed by atoms with Crippen LogP contribution >= 0.6 is 12.0 Å². The summed E-state index contributed by atoms with van der Waals surface area (Å²) in [5, 5.41) is 2.94. The van der Waals surface area contributed by atoms with Gasteiger partial charge in [-0.2, -0.15) is 0 Å². The highest BCUT2D eigenvalue weighted by molar-refractivity contribution is 7.94. The molecule has 0 aliphatic heterocycles. The molecule has 0 spiro atoms. The maximum Gasteiger partial charge on any atom is 0.251 e. The molecular formula is C15H24N2O2S. The predicted molar refractivity (Wildman–Crippen MR) is 84.0 cm³/mol. The Hall–Kier alpha value is -1.04. The quantitative estimate of drug-likeness (QED) is 0.712. The van der Waals surface area contributed by atoms with E-state index >= 15 is 0 Å². The van der Waals surface area contributed by atoms with Gasteiger partial charge in [-0.25, -0.2) is 0 Å². The first kappa shape index (κ1) is 17.0. The molecule has 0 aromatic heterocycles. The summed E-state index contributed by atoms with van der Waals surface area (Å²) in [5.74, 6) is -0.0230. The Balaban J connectivity index is 2.39. The first-order valence-corrected chi connectivity index (χ1v) is 7.85. The average Bonchev–Trinajstić information content (AvgIpc) is 2.50. The summed E-state index contributed by atoms with van der Waals surface area (Å²) in [6.07, 6.45) is 0. The van der Waals surface area contributed by atoms with Crippen LogP contribution in [0.1, 0.15) is 31.1 Å². The minimum absolute atomic E-state index is 0.0230. The molecule has 0 aliphatic carbocycles. The molecule has 1 N–H and O–H groups in total. The standard InChI is InChI=1S/C15H24N2O2S/c1-4-17(5-2)12-11-16-15(18)13-7-9-14(10-8-13)20-19-6-3/h7-10H,4-6,11-12H2,1-3H3,(H,16,18). The highest BCUT2D eigenvalue weighted by atomic mass is 32.2. The fourth-order valence-electron chi connectivity index (χ4n) is 1.76. The van der Waals surface area contributed by atoms with Crippen molar-refractivity contribution in [3.05, 3.63) is 29.8 Å². The van der Waals surface area contributed by atoms with Crippen molar-refractivity contribution in [1.82, 2.24) is 10.2 Å². The fraction of sp³-hybridized carbons (Fsp3) is 0.533. The molecule has 0 fully saturated rings. The monoisotopic (exact) mass is 296 g/mol. The zero-order valence-electron chi connectivity index (χ0n) is 12.5. The summed E-state index contributed by atoms with van der Waals surface area (Å²) in [5.41, 5.74) is 0.686. The second-order valence-electron chi connectivity index (χ2n) is 4.30. The molecule has 1 aromatic carbocycles. The first-order valence-electron chi connectivity index (χ1n) is 7.11. The Labute approximate surface area is 126 Å². The normalized spacial score (nSPS) is 10.8. The zero-order valence-corrected chi connectivity index (χ0v) is 13.3. The van der Waals surface area contributed by atoms with Crippen LogP contribution in [-0.2, 0) is 4.18 Å². The maximum atomic E-state index is 12.0. The van der Waals surface area contributed by atoms with Gasteiger partial charge in [0.05, 0.1) is 6.61 Å². The molecular weight excluding hydrogens is 272 g/mol. The highest BCUT2D eigenvalue weighted by Gasteiger charge is 2.06. The molecule has 112 valence electrons. The van der Waals surface area contributed by atoms with Gasteiger partial charge in [0.2, 0.25) is 0 Å². The van der Waals surface area contributed by atoms with Gasteiger partial charge >= 0.3 is 0 Å². The SMILES string of the molecule is CCOSc1ccc(C(=O)NCCN(CC)CC)cc1. The van der Waals surface area contributed by atoms with Crippen LogP contribution in [0.4, 0.5) is 0 Å².